The number of hydrogen-bond donors (Lipinski definition) is 1. The van der Waals surface area contributed by atoms with Gasteiger partial charge in [-0.15, -0.1) is 0 Å². The minimum absolute atomic E-state index is 0.161. The van der Waals surface area contributed by atoms with E-state index in [9.17, 15) is 14.4 Å². The molecule has 0 fully saturated rings. The van der Waals surface area contributed by atoms with Crippen LogP contribution in [0.2, 0.25) is 0 Å². The maximum absolute atomic E-state index is 13.0. The van der Waals surface area contributed by atoms with Gasteiger partial charge in [-0.1, -0.05) is 31.2 Å². The molecule has 1 heterocycles. The summed E-state index contributed by atoms with van der Waals surface area (Å²) in [5, 5.41) is 3.25. The van der Waals surface area contributed by atoms with Gasteiger partial charge in [0.25, 0.3) is 5.56 Å². The first-order chi connectivity index (χ1) is 14.0. The highest BCUT2D eigenvalue weighted by Gasteiger charge is 2.17. The van der Waals surface area contributed by atoms with E-state index in [-0.39, 0.29) is 24.1 Å². The Morgan fingerprint density at radius 3 is 2.45 bits per heavy atom. The Kier molecular flexibility index (Phi) is 6.16. The van der Waals surface area contributed by atoms with Gasteiger partial charge in [0.05, 0.1) is 18.0 Å². The number of carbonyl (C=O) groups is 1. The van der Waals surface area contributed by atoms with Gasteiger partial charge in [-0.3, -0.25) is 18.7 Å². The Balaban J connectivity index is 1.89. The lowest BCUT2D eigenvalue weighted by atomic mass is 10.2. The number of nitrogens with zero attached hydrogens (tertiary/aromatic N) is 2. The maximum Gasteiger partial charge on any atom is 0.332 e. The molecule has 0 radical (unpaired) electrons. The van der Waals surface area contributed by atoms with E-state index in [1.165, 1.54) is 9.13 Å². The zero-order valence-corrected chi connectivity index (χ0v) is 16.8. The van der Waals surface area contributed by atoms with Crippen molar-refractivity contribution in [1.82, 2.24) is 14.5 Å². The van der Waals surface area contributed by atoms with Crippen LogP contribution in [-0.4, -0.2) is 22.2 Å². The molecule has 152 valence electrons. The number of ether oxygens (including phenoxy) is 1. The fraction of sp³-hybridized carbons (Fsp3) is 0.318. The van der Waals surface area contributed by atoms with Crippen LogP contribution in [0.4, 0.5) is 0 Å². The lowest BCUT2D eigenvalue weighted by molar-refractivity contribution is -0.121. The number of hydrogen-bond acceptors (Lipinski definition) is 4. The van der Waals surface area contributed by atoms with Crippen molar-refractivity contribution in [1.29, 1.82) is 0 Å². The lowest BCUT2D eigenvalue weighted by Crippen LogP contribution is -2.43. The summed E-state index contributed by atoms with van der Waals surface area (Å²) in [7, 11) is 1.59. The second-order valence-electron chi connectivity index (χ2n) is 6.94. The van der Waals surface area contributed by atoms with Crippen molar-refractivity contribution in [2.24, 2.45) is 0 Å². The molecule has 7 heteroatoms. The first kappa shape index (κ1) is 20.4. The molecule has 0 aliphatic heterocycles. The molecule has 0 saturated carbocycles. The number of methoxy groups -OCH3 is 1. The number of nitrogens with one attached hydrogen (secondary N) is 1. The van der Waals surface area contributed by atoms with E-state index in [0.717, 1.165) is 11.3 Å². The van der Waals surface area contributed by atoms with Gasteiger partial charge in [0.2, 0.25) is 5.91 Å². The van der Waals surface area contributed by atoms with Crippen molar-refractivity contribution >= 4 is 16.8 Å². The number of aromatic nitrogens is 2. The molecule has 1 aromatic heterocycles. The lowest BCUT2D eigenvalue weighted by Gasteiger charge is -2.17. The van der Waals surface area contributed by atoms with E-state index >= 15 is 0 Å². The summed E-state index contributed by atoms with van der Waals surface area (Å²) in [4.78, 5) is 38.4. The Hall–Kier alpha value is -3.35. The summed E-state index contributed by atoms with van der Waals surface area (Å²) in [5.74, 6) is 0.438. The van der Waals surface area contributed by atoms with Crippen molar-refractivity contribution in [3.05, 3.63) is 74.9 Å². The Morgan fingerprint density at radius 1 is 1.10 bits per heavy atom. The third-order valence-electron chi connectivity index (χ3n) is 5.06. The molecule has 1 N–H and O–H groups in total. The molecule has 0 aliphatic carbocycles. The van der Waals surface area contributed by atoms with Gasteiger partial charge in [-0.25, -0.2) is 4.79 Å². The normalized spacial score (nSPS) is 12.0. The molecule has 0 bridgehead atoms. The first-order valence-electron chi connectivity index (χ1n) is 9.60. The van der Waals surface area contributed by atoms with Gasteiger partial charge in [-0.05, 0) is 43.2 Å². The molecule has 1 amide bonds. The topological polar surface area (TPSA) is 82.3 Å². The molecular formula is C22H25N3O4. The van der Waals surface area contributed by atoms with Crippen LogP contribution in [0.1, 0.15) is 31.9 Å². The van der Waals surface area contributed by atoms with Crippen LogP contribution in [0.15, 0.2) is 58.1 Å². The Morgan fingerprint density at radius 2 is 1.79 bits per heavy atom. The highest BCUT2D eigenvalue weighted by atomic mass is 16.5. The molecule has 29 heavy (non-hydrogen) atoms. The summed E-state index contributed by atoms with van der Waals surface area (Å²) in [6.07, 6.45) is 0.636. The minimum atomic E-state index is -0.470. The first-order valence-corrected chi connectivity index (χ1v) is 9.60. The zero-order chi connectivity index (χ0) is 21.0. The van der Waals surface area contributed by atoms with Gasteiger partial charge in [-0.2, -0.15) is 0 Å². The molecule has 3 rings (SSSR count). The van der Waals surface area contributed by atoms with Gasteiger partial charge in [0.15, 0.2) is 0 Å². The van der Waals surface area contributed by atoms with Gasteiger partial charge in [0.1, 0.15) is 12.3 Å². The fourth-order valence-corrected chi connectivity index (χ4v) is 3.21. The van der Waals surface area contributed by atoms with Crippen molar-refractivity contribution in [2.75, 3.05) is 7.11 Å². The van der Waals surface area contributed by atoms with Crippen LogP contribution < -0.4 is 21.3 Å². The second-order valence-corrected chi connectivity index (χ2v) is 6.94. The minimum Gasteiger partial charge on any atom is -0.497 e. The average Bonchev–Trinajstić information content (AvgIpc) is 2.75. The zero-order valence-electron chi connectivity index (χ0n) is 16.8. The van der Waals surface area contributed by atoms with E-state index in [1.54, 1.807) is 31.4 Å². The van der Waals surface area contributed by atoms with Crippen molar-refractivity contribution in [3.8, 4) is 5.75 Å². The third-order valence-corrected chi connectivity index (χ3v) is 5.06. The van der Waals surface area contributed by atoms with Crippen molar-refractivity contribution in [2.45, 2.75) is 39.4 Å². The molecule has 2 aromatic carbocycles. The molecule has 0 unspecified atom stereocenters. The fourth-order valence-electron chi connectivity index (χ4n) is 3.21. The van der Waals surface area contributed by atoms with Crippen LogP contribution in [0.5, 0.6) is 5.75 Å². The summed E-state index contributed by atoms with van der Waals surface area (Å²) >= 11 is 0. The molecule has 0 saturated heterocycles. The quantitative estimate of drug-likeness (QED) is 0.666. The highest BCUT2D eigenvalue weighted by Crippen LogP contribution is 2.12. The van der Waals surface area contributed by atoms with Crippen molar-refractivity contribution in [3.63, 3.8) is 0 Å². The smallest absolute Gasteiger partial charge is 0.332 e. The van der Waals surface area contributed by atoms with E-state index in [0.29, 0.717) is 23.9 Å². The molecule has 1 atom stereocenters. The molecule has 3 aromatic rings. The predicted molar refractivity (Wildman–Crippen MR) is 112 cm³/mol. The number of benzene rings is 2. The molecule has 0 aliphatic rings. The Labute approximate surface area is 168 Å². The summed E-state index contributed by atoms with van der Waals surface area (Å²) in [6, 6.07) is 14.0. The summed E-state index contributed by atoms with van der Waals surface area (Å²) in [5.41, 5.74) is 0.583. The number of amides is 1. The number of carbonyl (C=O) groups excluding carboxylic acids is 1. The molecule has 0 spiro atoms. The maximum atomic E-state index is 13.0. The standard InChI is InChI=1S/C22H25N3O4/c1-4-15(2)25-21(27)18-7-5-6-8-19(18)24(22(25)28)14-20(26)23-13-16-9-11-17(29-3)12-10-16/h5-12,15H,4,13-14H2,1-3H3,(H,23,26)/t15-/m1/s1. The highest BCUT2D eigenvalue weighted by molar-refractivity contribution is 5.81. The summed E-state index contributed by atoms with van der Waals surface area (Å²) < 4.78 is 7.73. The van der Waals surface area contributed by atoms with Crippen LogP contribution in [-0.2, 0) is 17.9 Å². The Bertz CT molecular complexity index is 1130. The number of rotatable bonds is 7. The van der Waals surface area contributed by atoms with Crippen LogP contribution in [0.3, 0.4) is 0 Å². The van der Waals surface area contributed by atoms with E-state index in [4.69, 9.17) is 4.74 Å². The third kappa shape index (κ3) is 4.23. The summed E-state index contributed by atoms with van der Waals surface area (Å²) in [6.45, 7) is 3.91. The number of fused-ring (bicyclic) bond motifs is 1. The van der Waals surface area contributed by atoms with Crippen LogP contribution >= 0.6 is 0 Å². The SMILES string of the molecule is CC[C@@H](C)n1c(=O)c2ccccc2n(CC(=O)NCc2ccc(OC)cc2)c1=O. The largest absolute Gasteiger partial charge is 0.497 e. The second kappa shape index (κ2) is 8.77. The monoisotopic (exact) mass is 395 g/mol. The molecule has 7 nitrogen and oxygen atoms in total. The van der Waals surface area contributed by atoms with Gasteiger partial charge >= 0.3 is 5.69 Å². The number of para-hydroxylation sites is 1. The van der Waals surface area contributed by atoms with Gasteiger partial charge in [0, 0.05) is 12.6 Å². The van der Waals surface area contributed by atoms with Gasteiger partial charge < -0.3 is 10.1 Å². The average molecular weight is 395 g/mol. The van der Waals surface area contributed by atoms with E-state index in [2.05, 4.69) is 5.32 Å². The molecular weight excluding hydrogens is 370 g/mol. The van der Waals surface area contributed by atoms with Crippen LogP contribution in [0, 0.1) is 0 Å². The predicted octanol–water partition coefficient (Wildman–Crippen LogP) is 2.46. The van der Waals surface area contributed by atoms with E-state index < -0.39 is 5.69 Å². The van der Waals surface area contributed by atoms with E-state index in [1.807, 2.05) is 38.1 Å². The van der Waals surface area contributed by atoms with Crippen molar-refractivity contribution < 1.29 is 9.53 Å². The van der Waals surface area contributed by atoms with Crippen LogP contribution in [0.25, 0.3) is 10.9 Å².